The third-order valence-electron chi connectivity index (χ3n) is 1.44. The first-order valence-corrected chi connectivity index (χ1v) is 3.35. The second-order valence-electron chi connectivity index (χ2n) is 2.46. The highest BCUT2D eigenvalue weighted by atomic mass is 19.4. The molecule has 0 saturated heterocycles. The lowest BCUT2D eigenvalue weighted by Gasteiger charge is -2.23. The van der Waals surface area contributed by atoms with Crippen LogP contribution in [-0.4, -0.2) is 24.4 Å². The van der Waals surface area contributed by atoms with Gasteiger partial charge in [-0.15, -0.1) is 0 Å². The molecule has 0 aromatic heterocycles. The van der Waals surface area contributed by atoms with Crippen molar-refractivity contribution in [3.63, 3.8) is 0 Å². The van der Waals surface area contributed by atoms with Gasteiger partial charge in [0.1, 0.15) is 0 Å². The lowest BCUT2D eigenvalue weighted by atomic mass is 10.1. The molecule has 7 heteroatoms. The van der Waals surface area contributed by atoms with E-state index in [0.29, 0.717) is 0 Å². The number of hydrogen-bond donors (Lipinski definition) is 0. The molecule has 80 valence electrons. The third-order valence-corrected chi connectivity index (χ3v) is 1.44. The highest BCUT2D eigenvalue weighted by Gasteiger charge is 2.55. The Morgan fingerprint density at radius 1 is 0.923 bits per heavy atom. The van der Waals surface area contributed by atoms with Crippen LogP contribution >= 0.6 is 0 Å². The highest BCUT2D eigenvalue weighted by Crippen LogP contribution is 2.36. The maximum Gasteiger partial charge on any atom is 0.422 e. The minimum absolute atomic E-state index is 0.773. The van der Waals surface area contributed by atoms with Gasteiger partial charge in [-0.05, 0) is 0 Å². The molecule has 0 spiro atoms. The number of halogens is 7. The Morgan fingerprint density at radius 3 is 1.54 bits per heavy atom. The molecule has 0 nitrogen and oxygen atoms in total. The van der Waals surface area contributed by atoms with Crippen LogP contribution in [0.25, 0.3) is 0 Å². The standard InChI is InChI=1S/C6H7F7/c1-2-5(9,10)3(7)4(8)6(11,12)13/h3-4H,2H2,1H3/t3?,4-/m0/s1. The fourth-order valence-electron chi connectivity index (χ4n) is 0.575. The third kappa shape index (κ3) is 3.04. The molecule has 0 aliphatic heterocycles. The summed E-state index contributed by atoms with van der Waals surface area (Å²) in [6.07, 6.45) is -14.7. The fraction of sp³-hybridized carbons (Fsp3) is 1.00. The molecule has 0 aromatic rings. The van der Waals surface area contributed by atoms with Crippen molar-refractivity contribution in [3.8, 4) is 0 Å². The average Bonchev–Trinajstić information content (AvgIpc) is 2.00. The molecule has 13 heavy (non-hydrogen) atoms. The van der Waals surface area contributed by atoms with E-state index in [1.54, 1.807) is 0 Å². The van der Waals surface area contributed by atoms with E-state index in [9.17, 15) is 30.7 Å². The predicted molar refractivity (Wildman–Crippen MR) is 31.1 cm³/mol. The van der Waals surface area contributed by atoms with Gasteiger partial charge in [-0.3, -0.25) is 0 Å². The second-order valence-corrected chi connectivity index (χ2v) is 2.46. The Labute approximate surface area is 69.7 Å². The van der Waals surface area contributed by atoms with E-state index in [0.717, 1.165) is 6.92 Å². The van der Waals surface area contributed by atoms with Crippen LogP contribution in [0, 0.1) is 0 Å². The van der Waals surface area contributed by atoms with Crippen molar-refractivity contribution in [1.82, 2.24) is 0 Å². The quantitative estimate of drug-likeness (QED) is 0.630. The molecule has 0 rings (SSSR count). The summed E-state index contributed by atoms with van der Waals surface area (Å²) >= 11 is 0. The number of hydrogen-bond acceptors (Lipinski definition) is 0. The van der Waals surface area contributed by atoms with Gasteiger partial charge in [-0.1, -0.05) is 6.92 Å². The van der Waals surface area contributed by atoms with Crippen molar-refractivity contribution in [2.24, 2.45) is 0 Å². The molecule has 0 saturated carbocycles. The monoisotopic (exact) mass is 212 g/mol. The zero-order chi connectivity index (χ0) is 10.9. The van der Waals surface area contributed by atoms with Gasteiger partial charge in [0, 0.05) is 6.42 Å². The van der Waals surface area contributed by atoms with Gasteiger partial charge in [0.25, 0.3) is 5.92 Å². The SMILES string of the molecule is CCC(F)(F)C(F)[C@H](F)C(F)(F)F. The smallest absolute Gasteiger partial charge is 0.237 e. The average molecular weight is 212 g/mol. The number of alkyl halides is 7. The highest BCUT2D eigenvalue weighted by molar-refractivity contribution is 4.86. The van der Waals surface area contributed by atoms with Crippen molar-refractivity contribution >= 4 is 0 Å². The summed E-state index contributed by atoms with van der Waals surface area (Å²) in [5.41, 5.74) is 0. The van der Waals surface area contributed by atoms with Crippen LogP contribution in [0.2, 0.25) is 0 Å². The van der Waals surface area contributed by atoms with Gasteiger partial charge in [-0.25, -0.2) is 17.6 Å². The van der Waals surface area contributed by atoms with Crippen molar-refractivity contribution in [2.45, 2.75) is 37.8 Å². The Balaban J connectivity index is 4.52. The van der Waals surface area contributed by atoms with Gasteiger partial charge >= 0.3 is 6.18 Å². The molecule has 0 aliphatic rings. The van der Waals surface area contributed by atoms with Crippen molar-refractivity contribution < 1.29 is 30.7 Å². The fourth-order valence-corrected chi connectivity index (χ4v) is 0.575. The molecule has 0 radical (unpaired) electrons. The summed E-state index contributed by atoms with van der Waals surface area (Å²) in [5.74, 6) is -4.28. The first-order chi connectivity index (χ1) is 5.63. The van der Waals surface area contributed by atoms with E-state index in [4.69, 9.17) is 0 Å². The molecule has 0 aliphatic carbocycles. The summed E-state index contributed by atoms with van der Waals surface area (Å²) in [4.78, 5) is 0. The molecule has 2 atom stereocenters. The lowest BCUT2D eigenvalue weighted by Crippen LogP contribution is -2.44. The van der Waals surface area contributed by atoms with Crippen molar-refractivity contribution in [3.05, 3.63) is 0 Å². The summed E-state index contributed by atoms with van der Waals surface area (Å²) in [5, 5.41) is 0. The predicted octanol–water partition coefficient (Wildman–Crippen LogP) is 3.27. The maximum atomic E-state index is 12.2. The van der Waals surface area contributed by atoms with Crippen LogP contribution < -0.4 is 0 Å². The van der Waals surface area contributed by atoms with E-state index < -0.39 is 30.9 Å². The van der Waals surface area contributed by atoms with E-state index in [1.165, 1.54) is 0 Å². The zero-order valence-corrected chi connectivity index (χ0v) is 6.51. The largest absolute Gasteiger partial charge is 0.422 e. The molecule has 0 amide bonds. The first kappa shape index (κ1) is 12.5. The Bertz CT molecular complexity index is 161. The summed E-state index contributed by atoms with van der Waals surface area (Å²) in [7, 11) is 0. The van der Waals surface area contributed by atoms with Gasteiger partial charge < -0.3 is 0 Å². The Morgan fingerprint density at radius 2 is 1.31 bits per heavy atom. The van der Waals surface area contributed by atoms with E-state index in [2.05, 4.69) is 0 Å². The normalized spacial score (nSPS) is 18.5. The summed E-state index contributed by atoms with van der Waals surface area (Å²) in [6, 6.07) is 0. The van der Waals surface area contributed by atoms with Crippen molar-refractivity contribution in [2.75, 3.05) is 0 Å². The van der Waals surface area contributed by atoms with E-state index in [1.807, 2.05) is 0 Å². The minimum Gasteiger partial charge on any atom is -0.237 e. The van der Waals surface area contributed by atoms with Crippen LogP contribution in [0.3, 0.4) is 0 Å². The molecule has 0 heterocycles. The van der Waals surface area contributed by atoms with Crippen LogP contribution in [0.15, 0.2) is 0 Å². The Hall–Kier alpha value is -0.490. The van der Waals surface area contributed by atoms with Crippen LogP contribution in [0.4, 0.5) is 30.7 Å². The summed E-state index contributed by atoms with van der Waals surface area (Å²) < 4.78 is 82.9. The van der Waals surface area contributed by atoms with E-state index in [-0.39, 0.29) is 0 Å². The molecule has 0 fully saturated rings. The minimum atomic E-state index is -5.59. The molecule has 0 aromatic carbocycles. The second kappa shape index (κ2) is 3.71. The van der Waals surface area contributed by atoms with Crippen LogP contribution in [-0.2, 0) is 0 Å². The van der Waals surface area contributed by atoms with Gasteiger partial charge in [0.05, 0.1) is 0 Å². The van der Waals surface area contributed by atoms with Gasteiger partial charge in [-0.2, -0.15) is 13.2 Å². The molecule has 1 unspecified atom stereocenters. The van der Waals surface area contributed by atoms with Gasteiger partial charge in [0.2, 0.25) is 12.3 Å². The maximum absolute atomic E-state index is 12.2. The lowest BCUT2D eigenvalue weighted by molar-refractivity contribution is -0.226. The van der Waals surface area contributed by atoms with Gasteiger partial charge in [0.15, 0.2) is 0 Å². The van der Waals surface area contributed by atoms with Crippen molar-refractivity contribution in [1.29, 1.82) is 0 Å². The van der Waals surface area contributed by atoms with Crippen LogP contribution in [0.1, 0.15) is 13.3 Å². The number of rotatable bonds is 3. The topological polar surface area (TPSA) is 0 Å². The van der Waals surface area contributed by atoms with E-state index >= 15 is 0 Å². The molecular weight excluding hydrogens is 205 g/mol. The Kier molecular flexibility index (Phi) is 3.57. The molecule has 0 bridgehead atoms. The van der Waals surface area contributed by atoms with Crippen LogP contribution in [0.5, 0.6) is 0 Å². The summed E-state index contributed by atoms with van der Waals surface area (Å²) in [6.45, 7) is 0.773. The molecule has 0 N–H and O–H groups in total. The first-order valence-electron chi connectivity index (χ1n) is 3.35. The molecular formula is C6H7F7. The zero-order valence-electron chi connectivity index (χ0n) is 6.51.